The van der Waals surface area contributed by atoms with E-state index >= 15 is 0 Å². The van der Waals surface area contributed by atoms with E-state index in [1.807, 2.05) is 14.2 Å². The van der Waals surface area contributed by atoms with Crippen molar-refractivity contribution in [3.63, 3.8) is 0 Å². The highest BCUT2D eigenvalue weighted by Crippen LogP contribution is 2.63. The average molecular weight is 758 g/mol. The van der Waals surface area contributed by atoms with Crippen LogP contribution in [0.4, 0.5) is 0 Å². The molecule has 2 aromatic carbocycles. The number of methoxy groups -OCH3 is 2. The van der Waals surface area contributed by atoms with Crippen molar-refractivity contribution in [2.24, 2.45) is 0 Å². The molecule has 0 aromatic heterocycles. The topological polar surface area (TPSA) is 18.5 Å². The van der Waals surface area contributed by atoms with Crippen molar-refractivity contribution in [3.05, 3.63) is 70.3 Å². The standard InChI is InChI=1S/C49H75O2P2/c1-33(52(34-23-18-16-19-24-34)35-25-20-17-21-26-35)38-27-22-28-43(38)53(36-29-39(46(2,3)4)44(50-14)40(30-36)47(5,6)7)37-31-41(48(8,9)10)45(51-15)42(32-37)49(11,12)13/h22,28-35,43H,16-21,23-26H2,1-15H3/t33-,43?/m1/s1. The second-order valence-electron chi connectivity index (χ2n) is 20.6. The molecule has 2 aromatic rings. The maximum Gasteiger partial charge on any atom is 0.126 e. The minimum Gasteiger partial charge on any atom is -0.496 e. The number of rotatable bonds is 9. The Kier molecular flexibility index (Phi) is 13.2. The molecule has 0 bridgehead atoms. The Morgan fingerprint density at radius 2 is 0.906 bits per heavy atom. The van der Waals surface area contributed by atoms with Gasteiger partial charge in [0.1, 0.15) is 11.5 Å². The van der Waals surface area contributed by atoms with Gasteiger partial charge in [0.2, 0.25) is 0 Å². The molecule has 0 N–H and O–H groups in total. The first-order chi connectivity index (χ1) is 24.7. The summed E-state index contributed by atoms with van der Waals surface area (Å²) in [5, 5.41) is 2.92. The van der Waals surface area contributed by atoms with E-state index in [2.05, 4.69) is 133 Å². The number of allylic oxidation sites excluding steroid dienone is 4. The van der Waals surface area contributed by atoms with Crippen LogP contribution in [0.1, 0.15) is 176 Å². The van der Waals surface area contributed by atoms with Gasteiger partial charge in [-0.2, -0.15) is 0 Å². The third-order valence-corrected chi connectivity index (χ3v) is 18.9. The molecular weight excluding hydrogens is 682 g/mol. The van der Waals surface area contributed by atoms with Gasteiger partial charge >= 0.3 is 0 Å². The molecule has 0 spiro atoms. The van der Waals surface area contributed by atoms with Crippen molar-refractivity contribution in [3.8, 4) is 11.5 Å². The zero-order valence-electron chi connectivity index (χ0n) is 36.6. The first-order valence-corrected chi connectivity index (χ1v) is 24.0. The SMILES string of the molecule is COc1c(C(C)(C)C)cc(P(c2cc(C(C)(C)C)c(OC)c(C(C)(C)C)c2)C2C=C[C]=C2[C@@H](C)P(C2CCCCC2)C2CCCCC2)cc1C(C)(C)C. The smallest absolute Gasteiger partial charge is 0.126 e. The summed E-state index contributed by atoms with van der Waals surface area (Å²) in [6, 6.07) is 10.2. The van der Waals surface area contributed by atoms with Crippen LogP contribution in [0.15, 0.2) is 42.0 Å². The van der Waals surface area contributed by atoms with E-state index in [-0.39, 0.29) is 29.6 Å². The van der Waals surface area contributed by atoms with Gasteiger partial charge in [-0.25, -0.2) is 0 Å². The molecule has 2 saturated carbocycles. The van der Waals surface area contributed by atoms with Crippen LogP contribution >= 0.6 is 15.8 Å². The molecule has 3 aliphatic carbocycles. The van der Waals surface area contributed by atoms with E-state index < -0.39 is 7.92 Å². The van der Waals surface area contributed by atoms with E-state index in [9.17, 15) is 0 Å². The summed E-state index contributed by atoms with van der Waals surface area (Å²) in [6.07, 6.45) is 23.2. The van der Waals surface area contributed by atoms with Gasteiger partial charge in [0.05, 0.1) is 14.2 Å². The van der Waals surface area contributed by atoms with Crippen LogP contribution in [0, 0.1) is 6.08 Å². The van der Waals surface area contributed by atoms with Crippen LogP contribution in [-0.2, 0) is 21.7 Å². The largest absolute Gasteiger partial charge is 0.496 e. The third kappa shape index (κ3) is 9.34. The lowest BCUT2D eigenvalue weighted by atomic mass is 9.79. The number of ether oxygens (including phenoxy) is 2. The van der Waals surface area contributed by atoms with E-state index in [0.29, 0.717) is 11.3 Å². The molecule has 0 aliphatic heterocycles. The van der Waals surface area contributed by atoms with Crippen LogP contribution in [0.3, 0.4) is 0 Å². The van der Waals surface area contributed by atoms with Crippen LogP contribution in [0.25, 0.3) is 0 Å². The summed E-state index contributed by atoms with van der Waals surface area (Å²) in [6.45, 7) is 30.9. The van der Waals surface area contributed by atoms with Crippen LogP contribution in [-0.4, -0.2) is 36.9 Å². The van der Waals surface area contributed by atoms with Crippen LogP contribution in [0.2, 0.25) is 0 Å². The lowest BCUT2D eigenvalue weighted by Crippen LogP contribution is -2.32. The van der Waals surface area contributed by atoms with Gasteiger partial charge in [-0.15, -0.1) is 0 Å². The summed E-state index contributed by atoms with van der Waals surface area (Å²) < 4.78 is 12.7. The first-order valence-electron chi connectivity index (χ1n) is 21.0. The minimum absolute atomic E-state index is 0.0741. The Bertz CT molecular complexity index is 1450. The number of hydrogen-bond acceptors (Lipinski definition) is 2. The zero-order valence-corrected chi connectivity index (χ0v) is 38.3. The van der Waals surface area contributed by atoms with Gasteiger partial charge in [-0.3, -0.25) is 0 Å². The molecule has 2 nitrogen and oxygen atoms in total. The van der Waals surface area contributed by atoms with E-state index in [1.165, 1.54) is 97.1 Å². The molecule has 53 heavy (non-hydrogen) atoms. The number of hydrogen-bond donors (Lipinski definition) is 0. The Hall–Kier alpha value is -1.62. The van der Waals surface area contributed by atoms with Gasteiger partial charge in [0.25, 0.3) is 0 Å². The van der Waals surface area contributed by atoms with E-state index in [0.717, 1.165) is 22.8 Å². The minimum atomic E-state index is -0.859. The van der Waals surface area contributed by atoms with Gasteiger partial charge in [0, 0.05) is 27.9 Å². The highest BCUT2D eigenvalue weighted by molar-refractivity contribution is 7.74. The molecule has 1 unspecified atom stereocenters. The molecule has 0 saturated heterocycles. The van der Waals surface area contributed by atoms with Gasteiger partial charge in [-0.1, -0.05) is 149 Å². The van der Waals surface area contributed by atoms with Crippen molar-refractivity contribution < 1.29 is 9.47 Å². The fourth-order valence-corrected chi connectivity index (χ4v) is 16.8. The predicted molar refractivity (Wildman–Crippen MR) is 237 cm³/mol. The normalized spacial score (nSPS) is 20.3. The fraction of sp³-hybridized carbons (Fsp3) is 0.673. The molecule has 4 heteroatoms. The van der Waals surface area contributed by atoms with Gasteiger partial charge < -0.3 is 9.47 Å². The Morgan fingerprint density at radius 3 is 1.21 bits per heavy atom. The van der Waals surface area contributed by atoms with Crippen molar-refractivity contribution in [2.45, 2.75) is 199 Å². The Labute approximate surface area is 329 Å². The summed E-state index contributed by atoms with van der Waals surface area (Å²) in [5.41, 5.74) is 9.23. The second-order valence-corrected chi connectivity index (χ2v) is 26.1. The lowest BCUT2D eigenvalue weighted by Gasteiger charge is -2.44. The first kappa shape index (κ1) is 42.5. The fourth-order valence-electron chi connectivity index (χ4n) is 9.51. The maximum absolute atomic E-state index is 6.34. The second kappa shape index (κ2) is 16.5. The van der Waals surface area contributed by atoms with Gasteiger partial charge in [0.15, 0.2) is 0 Å². The van der Waals surface area contributed by atoms with E-state index in [1.54, 1.807) is 5.57 Å². The summed E-state index contributed by atoms with van der Waals surface area (Å²) in [5.74, 6) is 2.11. The molecule has 5 rings (SSSR count). The average Bonchev–Trinajstić information content (AvgIpc) is 3.56. The van der Waals surface area contributed by atoms with Crippen molar-refractivity contribution in [2.75, 3.05) is 14.2 Å². The molecule has 0 amide bonds. The predicted octanol–water partition coefficient (Wildman–Crippen LogP) is 13.5. The third-order valence-electron chi connectivity index (χ3n) is 12.4. The van der Waals surface area contributed by atoms with Crippen molar-refractivity contribution in [1.82, 2.24) is 0 Å². The maximum atomic E-state index is 6.34. The highest BCUT2D eigenvalue weighted by Gasteiger charge is 2.41. The van der Waals surface area contributed by atoms with Crippen molar-refractivity contribution >= 4 is 26.5 Å². The summed E-state index contributed by atoms with van der Waals surface area (Å²) >= 11 is 0. The zero-order chi connectivity index (χ0) is 39.1. The van der Waals surface area contributed by atoms with Crippen molar-refractivity contribution in [1.29, 1.82) is 0 Å². The molecule has 3 aliphatic rings. The van der Waals surface area contributed by atoms with Gasteiger partial charge in [-0.05, 0) is 119 Å². The molecule has 1 radical (unpaired) electrons. The molecular formula is C49H75O2P2. The Morgan fingerprint density at radius 1 is 0.566 bits per heavy atom. The monoisotopic (exact) mass is 758 g/mol. The van der Waals surface area contributed by atoms with Crippen LogP contribution in [0.5, 0.6) is 11.5 Å². The summed E-state index contributed by atoms with van der Waals surface area (Å²) in [7, 11) is 2.74. The summed E-state index contributed by atoms with van der Waals surface area (Å²) in [4.78, 5) is 0. The highest BCUT2D eigenvalue weighted by atomic mass is 31.1. The molecule has 2 atom stereocenters. The molecule has 293 valence electrons. The molecule has 2 fully saturated rings. The van der Waals surface area contributed by atoms with Crippen LogP contribution < -0.4 is 20.1 Å². The lowest BCUT2D eigenvalue weighted by molar-refractivity contribution is 0.381. The van der Waals surface area contributed by atoms with E-state index in [4.69, 9.17) is 9.47 Å². The number of benzene rings is 2. The molecule has 0 heterocycles. The quantitative estimate of drug-likeness (QED) is 0.237. The Balaban J connectivity index is 1.80.